The average Bonchev–Trinajstić information content (AvgIpc) is 2.87. The molecule has 2 heteroatoms. The van der Waals surface area contributed by atoms with E-state index in [1.807, 2.05) is 18.2 Å². The molecule has 0 radical (unpaired) electrons. The molecule has 0 aromatic heterocycles. The number of carbonyl (C=O) groups is 1. The number of fused-ring (bicyclic) bond motifs is 1. The zero-order chi connectivity index (χ0) is 12.2. The predicted octanol–water partition coefficient (Wildman–Crippen LogP) is 3.24. The molecule has 2 nitrogen and oxygen atoms in total. The Labute approximate surface area is 102 Å². The highest BCUT2D eigenvalue weighted by atomic mass is 16.5. The maximum absolute atomic E-state index is 12.1. The minimum Gasteiger partial charge on any atom is -0.487 e. The van der Waals surface area contributed by atoms with Gasteiger partial charge in [0.2, 0.25) is 0 Å². The first-order valence-electron chi connectivity index (χ1n) is 6.32. The molecule has 2 aliphatic rings. The third-order valence-corrected chi connectivity index (χ3v) is 3.79. The van der Waals surface area contributed by atoms with E-state index in [-0.39, 0.29) is 11.5 Å². The summed E-state index contributed by atoms with van der Waals surface area (Å²) < 4.78 is 5.81. The van der Waals surface area contributed by atoms with Crippen LogP contribution in [0.15, 0.2) is 18.2 Å². The van der Waals surface area contributed by atoms with E-state index >= 15 is 0 Å². The van der Waals surface area contributed by atoms with Gasteiger partial charge in [-0.2, -0.15) is 0 Å². The van der Waals surface area contributed by atoms with E-state index in [1.54, 1.807) is 0 Å². The molecule has 1 aliphatic heterocycles. The van der Waals surface area contributed by atoms with Crippen LogP contribution in [0.1, 0.15) is 43.1 Å². The predicted molar refractivity (Wildman–Crippen MR) is 66.5 cm³/mol. The molecule has 1 saturated carbocycles. The standard InChI is InChI=1S/C15H18O2/c1-9-6-12(9)14(16)10-4-5-13-11(7-10)8-15(2,3)17-13/h4-5,7,9,12H,6,8H2,1-3H3. The smallest absolute Gasteiger partial charge is 0.166 e. The lowest BCUT2D eigenvalue weighted by molar-refractivity contribution is 0.0962. The van der Waals surface area contributed by atoms with Crippen LogP contribution in [0.25, 0.3) is 0 Å². The van der Waals surface area contributed by atoms with Gasteiger partial charge in [0, 0.05) is 17.9 Å². The van der Waals surface area contributed by atoms with Gasteiger partial charge in [-0.25, -0.2) is 0 Å². The number of hydrogen-bond acceptors (Lipinski definition) is 2. The Morgan fingerprint density at radius 1 is 1.41 bits per heavy atom. The number of ketones is 1. The minimum absolute atomic E-state index is 0.128. The number of ether oxygens (including phenoxy) is 1. The van der Waals surface area contributed by atoms with Crippen LogP contribution >= 0.6 is 0 Å². The summed E-state index contributed by atoms with van der Waals surface area (Å²) in [7, 11) is 0. The van der Waals surface area contributed by atoms with Crippen molar-refractivity contribution in [2.24, 2.45) is 11.8 Å². The van der Waals surface area contributed by atoms with E-state index in [1.165, 1.54) is 5.56 Å². The van der Waals surface area contributed by atoms with Gasteiger partial charge in [-0.15, -0.1) is 0 Å². The molecule has 0 spiro atoms. The number of rotatable bonds is 2. The second-order valence-electron chi connectivity index (χ2n) is 6.04. The lowest BCUT2D eigenvalue weighted by Crippen LogP contribution is -2.24. The molecule has 90 valence electrons. The van der Waals surface area contributed by atoms with E-state index in [0.29, 0.717) is 11.7 Å². The van der Waals surface area contributed by atoms with E-state index < -0.39 is 0 Å². The van der Waals surface area contributed by atoms with E-state index in [0.717, 1.165) is 24.2 Å². The number of benzene rings is 1. The third-order valence-electron chi connectivity index (χ3n) is 3.79. The van der Waals surface area contributed by atoms with E-state index in [2.05, 4.69) is 20.8 Å². The Balaban J connectivity index is 1.88. The van der Waals surface area contributed by atoms with Gasteiger partial charge >= 0.3 is 0 Å². The van der Waals surface area contributed by atoms with Crippen molar-refractivity contribution in [3.05, 3.63) is 29.3 Å². The van der Waals surface area contributed by atoms with Gasteiger partial charge in [0.1, 0.15) is 11.4 Å². The molecular weight excluding hydrogens is 212 g/mol. The van der Waals surface area contributed by atoms with Crippen LogP contribution in [0.5, 0.6) is 5.75 Å². The first-order valence-corrected chi connectivity index (χ1v) is 6.32. The molecule has 0 N–H and O–H groups in total. The largest absolute Gasteiger partial charge is 0.487 e. The second-order valence-corrected chi connectivity index (χ2v) is 6.04. The van der Waals surface area contributed by atoms with Crippen molar-refractivity contribution in [2.75, 3.05) is 0 Å². The van der Waals surface area contributed by atoms with Crippen molar-refractivity contribution in [3.8, 4) is 5.75 Å². The zero-order valence-electron chi connectivity index (χ0n) is 10.6. The van der Waals surface area contributed by atoms with Crippen LogP contribution in [-0.2, 0) is 6.42 Å². The monoisotopic (exact) mass is 230 g/mol. The highest BCUT2D eigenvalue weighted by Gasteiger charge is 2.40. The van der Waals surface area contributed by atoms with Crippen LogP contribution in [0.3, 0.4) is 0 Å². The van der Waals surface area contributed by atoms with E-state index in [4.69, 9.17) is 4.74 Å². The van der Waals surface area contributed by atoms with Crippen LogP contribution in [0.4, 0.5) is 0 Å². The first-order chi connectivity index (χ1) is 7.96. The van der Waals surface area contributed by atoms with Crippen LogP contribution in [0.2, 0.25) is 0 Å². The number of hydrogen-bond donors (Lipinski definition) is 0. The third kappa shape index (κ3) is 1.86. The Hall–Kier alpha value is -1.31. The van der Waals surface area contributed by atoms with Gasteiger partial charge < -0.3 is 4.74 Å². The molecule has 1 aromatic carbocycles. The molecule has 3 rings (SSSR count). The number of Topliss-reactive ketones (excluding diaryl/α,β-unsaturated/α-hetero) is 1. The summed E-state index contributed by atoms with van der Waals surface area (Å²) >= 11 is 0. The molecule has 2 atom stereocenters. The molecule has 1 aliphatic carbocycles. The van der Waals surface area contributed by atoms with Gasteiger partial charge in [-0.1, -0.05) is 6.92 Å². The summed E-state index contributed by atoms with van der Waals surface area (Å²) in [5, 5.41) is 0. The lowest BCUT2D eigenvalue weighted by atomic mass is 9.98. The molecule has 2 unspecified atom stereocenters. The SMILES string of the molecule is CC1CC1C(=O)c1ccc2c(c1)CC(C)(C)O2. The van der Waals surface area contributed by atoms with Crippen LogP contribution in [0, 0.1) is 11.8 Å². The van der Waals surface area contributed by atoms with Crippen molar-refractivity contribution in [1.82, 2.24) is 0 Å². The topological polar surface area (TPSA) is 26.3 Å². The maximum Gasteiger partial charge on any atom is 0.166 e. The van der Waals surface area contributed by atoms with Crippen molar-refractivity contribution < 1.29 is 9.53 Å². The normalized spacial score (nSPS) is 28.4. The summed E-state index contributed by atoms with van der Waals surface area (Å²) in [6.45, 7) is 6.30. The van der Waals surface area contributed by atoms with Crippen molar-refractivity contribution in [2.45, 2.75) is 39.2 Å². The van der Waals surface area contributed by atoms with Crippen LogP contribution < -0.4 is 4.74 Å². The molecule has 17 heavy (non-hydrogen) atoms. The quantitative estimate of drug-likeness (QED) is 0.729. The Bertz CT molecular complexity index is 488. The van der Waals surface area contributed by atoms with Gasteiger partial charge in [-0.3, -0.25) is 4.79 Å². The summed E-state index contributed by atoms with van der Waals surface area (Å²) in [5.74, 6) is 2.09. The maximum atomic E-state index is 12.1. The van der Waals surface area contributed by atoms with Crippen LogP contribution in [-0.4, -0.2) is 11.4 Å². The van der Waals surface area contributed by atoms with Crippen molar-refractivity contribution >= 4 is 5.78 Å². The van der Waals surface area contributed by atoms with Gasteiger partial charge in [0.25, 0.3) is 0 Å². The Kier molecular flexibility index (Phi) is 2.13. The van der Waals surface area contributed by atoms with E-state index in [9.17, 15) is 4.79 Å². The number of carbonyl (C=O) groups excluding carboxylic acids is 1. The summed E-state index contributed by atoms with van der Waals surface area (Å²) in [5.41, 5.74) is 1.91. The second kappa shape index (κ2) is 3.34. The molecule has 0 amide bonds. The van der Waals surface area contributed by atoms with Crippen molar-refractivity contribution in [1.29, 1.82) is 0 Å². The molecule has 1 aromatic rings. The molecule has 1 fully saturated rings. The lowest BCUT2D eigenvalue weighted by Gasteiger charge is -2.16. The van der Waals surface area contributed by atoms with Gasteiger partial charge in [0.05, 0.1) is 0 Å². The highest BCUT2D eigenvalue weighted by Crippen LogP contribution is 2.41. The average molecular weight is 230 g/mol. The fourth-order valence-electron chi connectivity index (χ4n) is 2.66. The van der Waals surface area contributed by atoms with Gasteiger partial charge in [-0.05, 0) is 49.9 Å². The zero-order valence-corrected chi connectivity index (χ0v) is 10.6. The fraction of sp³-hybridized carbons (Fsp3) is 0.533. The minimum atomic E-state index is -0.128. The summed E-state index contributed by atoms with van der Waals surface area (Å²) in [6.07, 6.45) is 1.95. The van der Waals surface area contributed by atoms with Crippen molar-refractivity contribution in [3.63, 3.8) is 0 Å². The Morgan fingerprint density at radius 2 is 2.12 bits per heavy atom. The first kappa shape index (κ1) is 10.8. The summed E-state index contributed by atoms with van der Waals surface area (Å²) in [6, 6.07) is 5.88. The summed E-state index contributed by atoms with van der Waals surface area (Å²) in [4.78, 5) is 12.1. The van der Waals surface area contributed by atoms with Gasteiger partial charge in [0.15, 0.2) is 5.78 Å². The molecule has 0 bridgehead atoms. The molecule has 1 heterocycles. The Morgan fingerprint density at radius 3 is 2.76 bits per heavy atom. The molecular formula is C15H18O2. The highest BCUT2D eigenvalue weighted by molar-refractivity contribution is 6.00. The fourth-order valence-corrected chi connectivity index (χ4v) is 2.66. The molecule has 0 saturated heterocycles.